The Morgan fingerprint density at radius 3 is 2.45 bits per heavy atom. The highest BCUT2D eigenvalue weighted by Crippen LogP contribution is 2.15. The minimum absolute atomic E-state index is 0.230. The normalized spacial score (nSPS) is 10.7. The highest BCUT2D eigenvalue weighted by atomic mass is 16.5. The lowest BCUT2D eigenvalue weighted by atomic mass is 10.1. The van der Waals surface area contributed by atoms with Crippen molar-refractivity contribution in [3.8, 4) is 17.4 Å². The molecule has 0 aliphatic carbocycles. The zero-order valence-electron chi connectivity index (χ0n) is 10.8. The van der Waals surface area contributed by atoms with E-state index >= 15 is 0 Å². The van der Waals surface area contributed by atoms with Gasteiger partial charge < -0.3 is 9.63 Å². The number of phenolic OH excluding ortho intramolecular Hbond substituents is 1. The maximum absolute atomic E-state index is 9.23. The molecule has 3 rings (SSSR count). The van der Waals surface area contributed by atoms with Gasteiger partial charge in [0.25, 0.3) is 0 Å². The summed E-state index contributed by atoms with van der Waals surface area (Å²) in [7, 11) is 0. The van der Waals surface area contributed by atoms with E-state index in [0.29, 0.717) is 24.0 Å². The average molecular weight is 268 g/mol. The molecule has 100 valence electrons. The van der Waals surface area contributed by atoms with Gasteiger partial charge in [-0.15, -0.1) is 0 Å². The molecule has 0 bridgehead atoms. The Hall–Kier alpha value is -2.76. The summed E-state index contributed by atoms with van der Waals surface area (Å²) in [5, 5.41) is 13.1. The monoisotopic (exact) mass is 268 g/mol. The van der Waals surface area contributed by atoms with Crippen LogP contribution in [0.3, 0.4) is 0 Å². The van der Waals surface area contributed by atoms with E-state index in [-0.39, 0.29) is 5.75 Å². The summed E-state index contributed by atoms with van der Waals surface area (Å²) in [5.74, 6) is 1.53. The summed E-state index contributed by atoms with van der Waals surface area (Å²) < 4.78 is 5.18. The third-order valence-corrected chi connectivity index (χ3v) is 2.74. The van der Waals surface area contributed by atoms with Crippen LogP contribution in [0.4, 0.5) is 0 Å². The molecule has 0 amide bonds. The van der Waals surface area contributed by atoms with Gasteiger partial charge in [0.2, 0.25) is 17.5 Å². The number of rotatable bonds is 3. The summed E-state index contributed by atoms with van der Waals surface area (Å²) in [6.07, 6.45) is 3.91. The number of hydrogen-bond donors (Lipinski definition) is 1. The van der Waals surface area contributed by atoms with Crippen LogP contribution >= 0.6 is 0 Å². The molecule has 0 atom stereocenters. The van der Waals surface area contributed by atoms with Crippen LogP contribution in [-0.4, -0.2) is 25.2 Å². The number of hydrogen-bond acceptors (Lipinski definition) is 6. The van der Waals surface area contributed by atoms with E-state index in [2.05, 4.69) is 20.1 Å². The Balaban J connectivity index is 1.80. The number of nitrogens with zero attached hydrogens (tertiary/aromatic N) is 4. The lowest BCUT2D eigenvalue weighted by Gasteiger charge is -1.96. The second-order valence-corrected chi connectivity index (χ2v) is 4.44. The lowest BCUT2D eigenvalue weighted by Crippen LogP contribution is -1.92. The minimum atomic E-state index is 0.230. The van der Waals surface area contributed by atoms with Gasteiger partial charge in [0.15, 0.2) is 0 Å². The van der Waals surface area contributed by atoms with Gasteiger partial charge in [-0.2, -0.15) is 4.98 Å². The maximum Gasteiger partial charge on any atom is 0.240 e. The van der Waals surface area contributed by atoms with Crippen molar-refractivity contribution in [2.75, 3.05) is 0 Å². The molecule has 0 aliphatic rings. The molecule has 1 aromatic carbocycles. The Morgan fingerprint density at radius 1 is 1.05 bits per heavy atom. The van der Waals surface area contributed by atoms with E-state index in [0.717, 1.165) is 11.1 Å². The van der Waals surface area contributed by atoms with Crippen molar-refractivity contribution in [1.82, 2.24) is 20.1 Å². The fourth-order valence-corrected chi connectivity index (χ4v) is 1.71. The van der Waals surface area contributed by atoms with Crippen LogP contribution in [0.15, 0.2) is 41.2 Å². The van der Waals surface area contributed by atoms with Crippen LogP contribution in [0.2, 0.25) is 0 Å². The first-order chi connectivity index (χ1) is 9.70. The number of aryl methyl sites for hydroxylation is 1. The minimum Gasteiger partial charge on any atom is -0.508 e. The average Bonchev–Trinajstić information content (AvgIpc) is 2.91. The molecular formula is C14H12N4O2. The van der Waals surface area contributed by atoms with Gasteiger partial charge >= 0.3 is 0 Å². The number of aromatic hydroxyl groups is 1. The van der Waals surface area contributed by atoms with Crippen LogP contribution in [0.25, 0.3) is 11.6 Å². The topological polar surface area (TPSA) is 84.9 Å². The first-order valence-electron chi connectivity index (χ1n) is 6.10. The fraction of sp³-hybridized carbons (Fsp3) is 0.143. The number of aromatic nitrogens is 4. The van der Waals surface area contributed by atoms with E-state index in [1.165, 1.54) is 0 Å². The molecule has 0 radical (unpaired) electrons. The van der Waals surface area contributed by atoms with E-state index < -0.39 is 0 Å². The van der Waals surface area contributed by atoms with Crippen LogP contribution in [0.1, 0.15) is 17.0 Å². The Kier molecular flexibility index (Phi) is 3.12. The van der Waals surface area contributed by atoms with Gasteiger partial charge in [-0.05, 0) is 30.2 Å². The van der Waals surface area contributed by atoms with Crippen molar-refractivity contribution in [1.29, 1.82) is 0 Å². The first kappa shape index (κ1) is 12.3. The smallest absolute Gasteiger partial charge is 0.240 e. The largest absolute Gasteiger partial charge is 0.508 e. The van der Waals surface area contributed by atoms with Gasteiger partial charge in [-0.1, -0.05) is 17.3 Å². The molecule has 3 aromatic rings. The van der Waals surface area contributed by atoms with Crippen molar-refractivity contribution in [2.24, 2.45) is 0 Å². The molecule has 2 aromatic heterocycles. The zero-order chi connectivity index (χ0) is 13.9. The summed E-state index contributed by atoms with van der Waals surface area (Å²) in [5.41, 5.74) is 1.95. The van der Waals surface area contributed by atoms with Crippen LogP contribution < -0.4 is 0 Å². The van der Waals surface area contributed by atoms with Crippen LogP contribution in [0, 0.1) is 6.92 Å². The fourth-order valence-electron chi connectivity index (χ4n) is 1.71. The lowest BCUT2D eigenvalue weighted by molar-refractivity contribution is 0.385. The van der Waals surface area contributed by atoms with Crippen LogP contribution in [0.5, 0.6) is 5.75 Å². The second kappa shape index (κ2) is 5.08. The predicted octanol–water partition coefficient (Wildman–Crippen LogP) is 2.13. The SMILES string of the molecule is Cc1cnc(-c2noc(Cc3ccc(O)cc3)n2)nc1. The van der Waals surface area contributed by atoms with Crippen molar-refractivity contribution in [2.45, 2.75) is 13.3 Å². The summed E-state index contributed by atoms with van der Waals surface area (Å²) in [4.78, 5) is 12.6. The Labute approximate surface area is 115 Å². The highest BCUT2D eigenvalue weighted by Gasteiger charge is 2.11. The second-order valence-electron chi connectivity index (χ2n) is 4.44. The highest BCUT2D eigenvalue weighted by molar-refractivity contribution is 5.41. The zero-order valence-corrected chi connectivity index (χ0v) is 10.8. The molecule has 6 heteroatoms. The van der Waals surface area contributed by atoms with Gasteiger partial charge in [0.1, 0.15) is 5.75 Å². The number of benzene rings is 1. The molecule has 0 fully saturated rings. The van der Waals surface area contributed by atoms with Gasteiger partial charge in [-0.3, -0.25) is 0 Å². The van der Waals surface area contributed by atoms with E-state index in [4.69, 9.17) is 4.52 Å². The van der Waals surface area contributed by atoms with Gasteiger partial charge in [0.05, 0.1) is 6.42 Å². The summed E-state index contributed by atoms with van der Waals surface area (Å²) >= 11 is 0. The van der Waals surface area contributed by atoms with Gasteiger partial charge in [0, 0.05) is 12.4 Å². The van der Waals surface area contributed by atoms with Crippen LogP contribution in [-0.2, 0) is 6.42 Å². The number of phenols is 1. The first-order valence-corrected chi connectivity index (χ1v) is 6.10. The van der Waals surface area contributed by atoms with Crippen molar-refractivity contribution in [3.63, 3.8) is 0 Å². The molecule has 20 heavy (non-hydrogen) atoms. The third kappa shape index (κ3) is 2.64. The Morgan fingerprint density at radius 2 is 1.75 bits per heavy atom. The van der Waals surface area contributed by atoms with Gasteiger partial charge in [-0.25, -0.2) is 9.97 Å². The maximum atomic E-state index is 9.23. The van der Waals surface area contributed by atoms with E-state index in [1.54, 1.807) is 24.5 Å². The predicted molar refractivity (Wildman–Crippen MR) is 71.0 cm³/mol. The molecule has 6 nitrogen and oxygen atoms in total. The standard InChI is InChI=1S/C14H12N4O2/c1-9-7-15-13(16-8-9)14-17-12(20-18-14)6-10-2-4-11(19)5-3-10/h2-5,7-8,19H,6H2,1H3. The molecule has 0 saturated heterocycles. The van der Waals surface area contributed by atoms with Crippen molar-refractivity contribution < 1.29 is 9.63 Å². The van der Waals surface area contributed by atoms with Crippen molar-refractivity contribution in [3.05, 3.63) is 53.7 Å². The van der Waals surface area contributed by atoms with Crippen molar-refractivity contribution >= 4 is 0 Å². The molecule has 0 spiro atoms. The molecule has 0 aliphatic heterocycles. The molecule has 0 saturated carbocycles. The summed E-state index contributed by atoms with van der Waals surface area (Å²) in [6.45, 7) is 1.91. The van der Waals surface area contributed by atoms with E-state index in [1.807, 2.05) is 19.1 Å². The molecule has 2 heterocycles. The molecule has 0 unspecified atom stereocenters. The molecular weight excluding hydrogens is 256 g/mol. The van der Waals surface area contributed by atoms with E-state index in [9.17, 15) is 5.11 Å². The molecule has 1 N–H and O–H groups in total. The third-order valence-electron chi connectivity index (χ3n) is 2.74. The quantitative estimate of drug-likeness (QED) is 0.783. The summed E-state index contributed by atoms with van der Waals surface area (Å²) in [6, 6.07) is 6.86. The Bertz CT molecular complexity index is 705.